The van der Waals surface area contributed by atoms with Gasteiger partial charge in [0, 0.05) is 48.2 Å². The summed E-state index contributed by atoms with van der Waals surface area (Å²) in [5, 5.41) is 21.2. The van der Waals surface area contributed by atoms with Crippen molar-refractivity contribution in [2.45, 2.75) is 51.5 Å². The van der Waals surface area contributed by atoms with Crippen LogP contribution < -0.4 is 10.1 Å². The van der Waals surface area contributed by atoms with Gasteiger partial charge in [0.05, 0.1) is 18.0 Å². The Morgan fingerprint density at radius 1 is 1.17 bits per heavy atom. The van der Waals surface area contributed by atoms with Crippen molar-refractivity contribution in [3.05, 3.63) is 83.2 Å². The van der Waals surface area contributed by atoms with Crippen LogP contribution in [0.25, 0.3) is 11.0 Å². The van der Waals surface area contributed by atoms with Crippen LogP contribution in [0.4, 0.5) is 5.69 Å². The Kier molecular flexibility index (Phi) is 8.85. The number of carbonyl (C=O) groups is 2. The van der Waals surface area contributed by atoms with E-state index in [2.05, 4.69) is 17.2 Å². The monoisotopic (exact) mass is 568 g/mol. The molecule has 4 aromatic rings. The number of benzene rings is 2. The molecule has 1 aliphatic carbocycles. The molecule has 42 heavy (non-hydrogen) atoms. The van der Waals surface area contributed by atoms with Gasteiger partial charge in [0.1, 0.15) is 17.1 Å². The third-order valence-corrected chi connectivity index (χ3v) is 7.98. The molecule has 1 atom stereocenters. The molecule has 2 aromatic carbocycles. The first-order valence-electron chi connectivity index (χ1n) is 14.3. The van der Waals surface area contributed by atoms with Crippen LogP contribution in [0.2, 0.25) is 0 Å². The van der Waals surface area contributed by atoms with E-state index in [0.717, 1.165) is 40.8 Å². The molecule has 1 fully saturated rings. The number of nitrogens with zero attached hydrogens (tertiary/aromatic N) is 2. The van der Waals surface area contributed by atoms with Gasteiger partial charge in [-0.1, -0.05) is 19.3 Å². The number of rotatable bonds is 11. The topological polar surface area (TPSA) is 129 Å². The Hall–Kier alpha value is -4.66. The lowest BCUT2D eigenvalue weighted by atomic mass is 9.82. The predicted molar refractivity (Wildman–Crippen MR) is 162 cm³/mol. The number of hydrogen-bond acceptors (Lipinski definition) is 7. The summed E-state index contributed by atoms with van der Waals surface area (Å²) in [7, 11) is 1.61. The second-order valence-electron chi connectivity index (χ2n) is 10.9. The van der Waals surface area contributed by atoms with Gasteiger partial charge in [-0.25, -0.2) is 4.98 Å². The van der Waals surface area contributed by atoms with Crippen LogP contribution in [-0.2, 0) is 4.79 Å². The number of hydrogen-bond donors (Lipinski definition) is 3. The van der Waals surface area contributed by atoms with Crippen molar-refractivity contribution < 1.29 is 23.8 Å². The number of carboxylic acids is 1. The molecule has 1 saturated carbocycles. The number of nitrogens with one attached hydrogen (secondary N) is 2. The molecule has 0 bridgehead atoms. The summed E-state index contributed by atoms with van der Waals surface area (Å²) >= 11 is 0. The van der Waals surface area contributed by atoms with Crippen molar-refractivity contribution in [1.29, 1.82) is 5.41 Å². The van der Waals surface area contributed by atoms with Crippen molar-refractivity contribution in [2.24, 2.45) is 5.92 Å². The first-order chi connectivity index (χ1) is 20.3. The quantitative estimate of drug-likeness (QED) is 0.163. The molecule has 1 unspecified atom stereocenters. The lowest BCUT2D eigenvalue weighted by molar-refractivity contribution is -0.137. The summed E-state index contributed by atoms with van der Waals surface area (Å²) in [6.07, 6.45) is 8.56. The minimum absolute atomic E-state index is 0.0535. The van der Waals surface area contributed by atoms with Crippen molar-refractivity contribution in [3.8, 4) is 11.6 Å². The summed E-state index contributed by atoms with van der Waals surface area (Å²) in [4.78, 5) is 29.3. The molecular formula is C33H36N4O5. The Labute approximate surface area is 245 Å². The SMILES string of the molecule is Cc1c(C(Nc2ccc(C(=O)N(C)CCC(=O)O)cc2)C2CCCCC2)oc2ccc(Oc3ncccc3C=N)cc12. The fourth-order valence-corrected chi connectivity index (χ4v) is 5.63. The molecule has 3 N–H and O–H groups in total. The molecule has 1 amide bonds. The van der Waals surface area contributed by atoms with Crippen molar-refractivity contribution in [3.63, 3.8) is 0 Å². The molecule has 2 heterocycles. The molecular weight excluding hydrogens is 532 g/mol. The second kappa shape index (κ2) is 12.9. The average molecular weight is 569 g/mol. The first-order valence-corrected chi connectivity index (χ1v) is 14.3. The Balaban J connectivity index is 1.40. The van der Waals surface area contributed by atoms with Gasteiger partial charge in [0.15, 0.2) is 0 Å². The Morgan fingerprint density at radius 2 is 1.93 bits per heavy atom. The smallest absolute Gasteiger partial charge is 0.305 e. The van der Waals surface area contributed by atoms with Gasteiger partial charge >= 0.3 is 5.97 Å². The maximum atomic E-state index is 12.8. The summed E-state index contributed by atoms with van der Waals surface area (Å²) < 4.78 is 12.5. The molecule has 0 aliphatic heterocycles. The van der Waals surface area contributed by atoms with Crippen LogP contribution in [0.3, 0.4) is 0 Å². The maximum Gasteiger partial charge on any atom is 0.305 e. The normalized spacial score (nSPS) is 14.3. The summed E-state index contributed by atoms with van der Waals surface area (Å²) in [5.41, 5.74) is 3.81. The van der Waals surface area contributed by atoms with Crippen molar-refractivity contribution >= 4 is 34.7 Å². The Bertz CT molecular complexity index is 1570. The first kappa shape index (κ1) is 28.9. The second-order valence-corrected chi connectivity index (χ2v) is 10.9. The van der Waals surface area contributed by atoms with E-state index < -0.39 is 5.97 Å². The molecule has 0 saturated heterocycles. The molecule has 9 nitrogen and oxygen atoms in total. The van der Waals surface area contributed by atoms with Gasteiger partial charge in [-0.2, -0.15) is 0 Å². The zero-order chi connectivity index (χ0) is 29.6. The van der Waals surface area contributed by atoms with Gasteiger partial charge in [-0.15, -0.1) is 0 Å². The molecule has 1 aliphatic rings. The zero-order valence-corrected chi connectivity index (χ0v) is 23.9. The lowest BCUT2D eigenvalue weighted by Gasteiger charge is -2.31. The number of carbonyl (C=O) groups excluding carboxylic acids is 1. The molecule has 218 valence electrons. The van der Waals surface area contributed by atoms with Crippen molar-refractivity contribution in [1.82, 2.24) is 9.88 Å². The number of aromatic nitrogens is 1. The Morgan fingerprint density at radius 3 is 2.64 bits per heavy atom. The summed E-state index contributed by atoms with van der Waals surface area (Å²) in [6, 6.07) is 16.6. The molecule has 9 heteroatoms. The zero-order valence-electron chi connectivity index (χ0n) is 23.9. The minimum atomic E-state index is -0.933. The number of aliphatic carboxylic acids is 1. The van der Waals surface area contributed by atoms with E-state index in [1.54, 1.807) is 37.5 Å². The van der Waals surface area contributed by atoms with Gasteiger partial charge in [0.25, 0.3) is 5.91 Å². The largest absolute Gasteiger partial charge is 0.481 e. The summed E-state index contributed by atoms with van der Waals surface area (Å²) in [6.45, 7) is 2.22. The third-order valence-electron chi connectivity index (χ3n) is 7.98. The number of fused-ring (bicyclic) bond motifs is 1. The number of pyridine rings is 1. The third kappa shape index (κ3) is 6.46. The van der Waals surface area contributed by atoms with Crippen LogP contribution in [0.15, 0.2) is 65.2 Å². The highest BCUT2D eigenvalue weighted by molar-refractivity contribution is 5.94. The number of anilines is 1. The number of aryl methyl sites for hydroxylation is 1. The van der Waals surface area contributed by atoms with E-state index in [-0.39, 0.29) is 24.9 Å². The fraction of sp³-hybridized carbons (Fsp3) is 0.333. The maximum absolute atomic E-state index is 12.8. The van der Waals surface area contributed by atoms with Crippen LogP contribution in [-0.4, -0.2) is 46.7 Å². The highest BCUT2D eigenvalue weighted by Crippen LogP contribution is 2.41. The summed E-state index contributed by atoms with van der Waals surface area (Å²) in [5.74, 6) is 1.14. The van der Waals surface area contributed by atoms with E-state index in [1.807, 2.05) is 30.3 Å². The van der Waals surface area contributed by atoms with Crippen LogP contribution in [0, 0.1) is 18.3 Å². The number of carboxylic acid groups (broad SMARTS) is 1. The van der Waals surface area contributed by atoms with Gasteiger partial charge in [-0.3, -0.25) is 9.59 Å². The number of furan rings is 1. The molecule has 5 rings (SSSR count). The number of amides is 1. The molecule has 0 radical (unpaired) electrons. The highest BCUT2D eigenvalue weighted by atomic mass is 16.5. The van der Waals surface area contributed by atoms with Crippen LogP contribution in [0.5, 0.6) is 11.6 Å². The standard InChI is InChI=1S/C33H36N4O5/c1-21-27-19-26(41-32-24(20-34)9-6-17-35-32)14-15-28(27)42-31(21)30(22-7-4-3-5-8-22)36-25-12-10-23(11-13-25)33(40)37(2)18-16-29(38)39/h6,9-15,17,19-20,22,30,34,36H,3-5,7-8,16,18H2,1-2H3,(H,38,39). The van der Waals surface area contributed by atoms with Crippen LogP contribution in [0.1, 0.15) is 71.8 Å². The van der Waals surface area contributed by atoms with Crippen molar-refractivity contribution in [2.75, 3.05) is 18.9 Å². The molecule has 2 aromatic heterocycles. The predicted octanol–water partition coefficient (Wildman–Crippen LogP) is 7.21. The average Bonchev–Trinajstić information content (AvgIpc) is 3.34. The van der Waals surface area contributed by atoms with Crippen LogP contribution >= 0.6 is 0 Å². The van der Waals surface area contributed by atoms with Gasteiger partial charge in [-0.05, 0) is 80.3 Å². The van der Waals surface area contributed by atoms with E-state index in [0.29, 0.717) is 28.7 Å². The fourth-order valence-electron chi connectivity index (χ4n) is 5.63. The molecule has 0 spiro atoms. The minimum Gasteiger partial charge on any atom is -0.481 e. The van der Waals surface area contributed by atoms with Gasteiger partial charge in [0.2, 0.25) is 5.88 Å². The van der Waals surface area contributed by atoms with Gasteiger partial charge < -0.3 is 29.9 Å². The lowest BCUT2D eigenvalue weighted by Crippen LogP contribution is -2.29. The van der Waals surface area contributed by atoms with E-state index >= 15 is 0 Å². The van der Waals surface area contributed by atoms with E-state index in [1.165, 1.54) is 30.4 Å². The van der Waals surface area contributed by atoms with E-state index in [9.17, 15) is 9.59 Å². The van der Waals surface area contributed by atoms with E-state index in [4.69, 9.17) is 19.7 Å². The number of ether oxygens (including phenoxy) is 1. The highest BCUT2D eigenvalue weighted by Gasteiger charge is 2.30.